The van der Waals surface area contributed by atoms with Gasteiger partial charge in [0.2, 0.25) is 17.7 Å². The predicted octanol–water partition coefficient (Wildman–Crippen LogP) is 7.93. The molecule has 0 spiro atoms. The van der Waals surface area contributed by atoms with E-state index in [0.717, 1.165) is 72.5 Å². The van der Waals surface area contributed by atoms with E-state index < -0.39 is 0 Å². The maximum absolute atomic E-state index is 12.7. The van der Waals surface area contributed by atoms with E-state index in [2.05, 4.69) is 89.0 Å². The van der Waals surface area contributed by atoms with Crippen LogP contribution in [-0.4, -0.2) is 54.8 Å². The second-order valence-electron chi connectivity index (χ2n) is 14.4. The van der Waals surface area contributed by atoms with Gasteiger partial charge in [-0.2, -0.15) is 0 Å². The molecule has 0 bridgehead atoms. The van der Waals surface area contributed by atoms with Gasteiger partial charge >= 0.3 is 0 Å². The van der Waals surface area contributed by atoms with Gasteiger partial charge in [0.25, 0.3) is 0 Å². The first-order chi connectivity index (χ1) is 24.6. The van der Waals surface area contributed by atoms with Gasteiger partial charge in [-0.05, 0) is 116 Å². The summed E-state index contributed by atoms with van der Waals surface area (Å²) in [5, 5.41) is 6.86. The van der Waals surface area contributed by atoms with Crippen LogP contribution in [-0.2, 0) is 20.9 Å². The standard InChI is InChI=1S/C42H46ClN5O3/c1-27-24-39(44-34-13-11-33(43)12-14-34)38-25-32(10-18-40(38)48(27)28(2)49)30-8-15-36(16-9-30)47-22-20-35(21-23-47)46(3)26-29-4-6-31(7-5-29)37-17-19-41(50)45-42(37)51/h4-16,18,25,27,35,37,39,44H,17,19-24,26H2,1-3H3,(H,45,50,51). The van der Waals surface area contributed by atoms with Crippen molar-refractivity contribution >= 4 is 46.4 Å². The quantitative estimate of drug-likeness (QED) is 0.182. The van der Waals surface area contributed by atoms with Crippen molar-refractivity contribution in [2.24, 2.45) is 0 Å². The van der Waals surface area contributed by atoms with E-state index in [1.807, 2.05) is 41.3 Å². The SMILES string of the molecule is CC(=O)N1c2ccc(-c3ccc(N4CCC(N(C)Cc5ccc(C6CCC(=O)NC6=O)cc5)CC4)cc3)cc2C(Nc2ccc(Cl)cc2)CC1C. The lowest BCUT2D eigenvalue weighted by Gasteiger charge is -2.40. The third-order valence-corrected chi connectivity index (χ3v) is 11.2. The Morgan fingerprint density at radius 2 is 1.59 bits per heavy atom. The van der Waals surface area contributed by atoms with Crippen molar-refractivity contribution in [1.29, 1.82) is 0 Å². The number of nitrogens with zero attached hydrogens (tertiary/aromatic N) is 3. The molecule has 0 saturated carbocycles. The highest BCUT2D eigenvalue weighted by atomic mass is 35.5. The van der Waals surface area contributed by atoms with Crippen molar-refractivity contribution in [3.8, 4) is 11.1 Å². The number of carbonyl (C=O) groups is 3. The summed E-state index contributed by atoms with van der Waals surface area (Å²) in [6.07, 6.45) is 3.95. The van der Waals surface area contributed by atoms with Crippen LogP contribution in [0.3, 0.4) is 0 Å². The first-order valence-corrected chi connectivity index (χ1v) is 18.4. The van der Waals surface area contributed by atoms with Gasteiger partial charge in [-0.15, -0.1) is 0 Å². The van der Waals surface area contributed by atoms with Gasteiger partial charge in [-0.1, -0.05) is 54.1 Å². The summed E-state index contributed by atoms with van der Waals surface area (Å²) in [5.41, 5.74) is 8.81. The zero-order valence-corrected chi connectivity index (χ0v) is 30.3. The summed E-state index contributed by atoms with van der Waals surface area (Å²) in [6, 6.07) is 32.1. The molecule has 7 rings (SSSR count). The van der Waals surface area contributed by atoms with Crippen molar-refractivity contribution in [1.82, 2.24) is 10.2 Å². The monoisotopic (exact) mass is 703 g/mol. The normalized spacial score (nSPS) is 21.0. The van der Waals surface area contributed by atoms with Crippen LogP contribution in [0.2, 0.25) is 5.02 Å². The number of anilines is 3. The number of benzene rings is 4. The summed E-state index contributed by atoms with van der Waals surface area (Å²) in [5.74, 6) is -0.560. The number of fused-ring (bicyclic) bond motifs is 1. The molecule has 3 unspecified atom stereocenters. The minimum Gasteiger partial charge on any atom is -0.378 e. The van der Waals surface area contributed by atoms with Gasteiger partial charge in [-0.3, -0.25) is 24.6 Å². The Balaban J connectivity index is 0.980. The minimum absolute atomic E-state index is 0.0569. The third-order valence-electron chi connectivity index (χ3n) is 10.9. The van der Waals surface area contributed by atoms with Crippen molar-refractivity contribution in [2.45, 2.75) is 76.5 Å². The van der Waals surface area contributed by atoms with Crippen LogP contribution in [0.5, 0.6) is 0 Å². The molecule has 264 valence electrons. The lowest BCUT2D eigenvalue weighted by Crippen LogP contribution is -2.43. The number of halogens is 1. The lowest BCUT2D eigenvalue weighted by atomic mass is 9.89. The van der Waals surface area contributed by atoms with Crippen molar-refractivity contribution in [3.05, 3.63) is 113 Å². The molecule has 2 fully saturated rings. The summed E-state index contributed by atoms with van der Waals surface area (Å²) >= 11 is 6.15. The fourth-order valence-electron chi connectivity index (χ4n) is 8.12. The van der Waals surface area contributed by atoms with Crippen LogP contribution in [0.4, 0.5) is 17.1 Å². The fraction of sp³-hybridized carbons (Fsp3) is 0.357. The molecule has 3 amide bonds. The molecule has 2 saturated heterocycles. The Morgan fingerprint density at radius 1 is 0.902 bits per heavy atom. The first kappa shape index (κ1) is 34.8. The van der Waals surface area contributed by atoms with Gasteiger partial charge in [0, 0.05) is 67.1 Å². The van der Waals surface area contributed by atoms with Crippen LogP contribution in [0.15, 0.2) is 91.0 Å². The van der Waals surface area contributed by atoms with Gasteiger partial charge in [0.15, 0.2) is 0 Å². The van der Waals surface area contributed by atoms with Crippen molar-refractivity contribution < 1.29 is 14.4 Å². The van der Waals surface area contributed by atoms with Crippen molar-refractivity contribution in [2.75, 3.05) is 35.3 Å². The number of imide groups is 1. The topological polar surface area (TPSA) is 85.0 Å². The Bertz CT molecular complexity index is 1890. The van der Waals surface area contributed by atoms with E-state index in [4.69, 9.17) is 11.6 Å². The Hall–Kier alpha value is -4.66. The van der Waals surface area contributed by atoms with Crippen LogP contribution < -0.4 is 20.4 Å². The van der Waals surface area contributed by atoms with E-state index in [1.54, 1.807) is 6.92 Å². The second kappa shape index (κ2) is 14.9. The van der Waals surface area contributed by atoms with Crippen LogP contribution in [0.25, 0.3) is 11.1 Å². The molecule has 8 nitrogen and oxygen atoms in total. The van der Waals surface area contributed by atoms with Crippen LogP contribution in [0.1, 0.15) is 74.6 Å². The smallest absolute Gasteiger partial charge is 0.234 e. The van der Waals surface area contributed by atoms with Gasteiger partial charge < -0.3 is 15.1 Å². The highest BCUT2D eigenvalue weighted by molar-refractivity contribution is 6.30. The average molecular weight is 704 g/mol. The number of carbonyl (C=O) groups excluding carboxylic acids is 3. The highest BCUT2D eigenvalue weighted by Crippen LogP contribution is 2.41. The number of rotatable bonds is 8. The maximum atomic E-state index is 12.7. The summed E-state index contributed by atoms with van der Waals surface area (Å²) < 4.78 is 0. The molecule has 51 heavy (non-hydrogen) atoms. The zero-order chi connectivity index (χ0) is 35.6. The van der Waals surface area contributed by atoms with Crippen LogP contribution >= 0.6 is 11.6 Å². The maximum Gasteiger partial charge on any atom is 0.234 e. The van der Waals surface area contributed by atoms with E-state index in [0.29, 0.717) is 23.9 Å². The molecule has 9 heteroatoms. The molecular formula is C42H46ClN5O3. The van der Waals surface area contributed by atoms with E-state index in [1.165, 1.54) is 11.3 Å². The Labute approximate surface area is 305 Å². The van der Waals surface area contributed by atoms with E-state index in [-0.39, 0.29) is 35.7 Å². The van der Waals surface area contributed by atoms with Gasteiger partial charge in [-0.25, -0.2) is 0 Å². The molecule has 3 atom stereocenters. The van der Waals surface area contributed by atoms with Gasteiger partial charge in [0.1, 0.15) is 0 Å². The number of piperidine rings is 2. The number of nitrogens with one attached hydrogen (secondary N) is 2. The van der Waals surface area contributed by atoms with E-state index in [9.17, 15) is 14.4 Å². The zero-order valence-electron chi connectivity index (χ0n) is 29.6. The number of hydrogen-bond acceptors (Lipinski definition) is 6. The second-order valence-corrected chi connectivity index (χ2v) is 14.8. The molecule has 4 aromatic carbocycles. The fourth-order valence-corrected chi connectivity index (χ4v) is 8.25. The molecule has 0 aromatic heterocycles. The first-order valence-electron chi connectivity index (χ1n) is 18.1. The number of hydrogen-bond donors (Lipinski definition) is 2. The highest BCUT2D eigenvalue weighted by Gasteiger charge is 2.33. The largest absolute Gasteiger partial charge is 0.378 e. The summed E-state index contributed by atoms with van der Waals surface area (Å²) in [7, 11) is 2.20. The minimum atomic E-state index is -0.246. The molecule has 4 aromatic rings. The molecule has 3 aliphatic heterocycles. The number of amides is 3. The van der Waals surface area contributed by atoms with Gasteiger partial charge in [0.05, 0.1) is 12.0 Å². The Kier molecular flexibility index (Phi) is 10.2. The third kappa shape index (κ3) is 7.67. The predicted molar refractivity (Wildman–Crippen MR) is 205 cm³/mol. The Morgan fingerprint density at radius 3 is 2.25 bits per heavy atom. The molecular weight excluding hydrogens is 658 g/mol. The molecule has 3 heterocycles. The molecule has 0 radical (unpaired) electrons. The summed E-state index contributed by atoms with van der Waals surface area (Å²) in [6.45, 7) is 6.61. The van der Waals surface area contributed by atoms with Crippen LogP contribution in [0, 0.1) is 0 Å². The molecule has 3 aliphatic rings. The van der Waals surface area contributed by atoms with Crippen molar-refractivity contribution in [3.63, 3.8) is 0 Å². The lowest BCUT2D eigenvalue weighted by molar-refractivity contribution is -0.134. The summed E-state index contributed by atoms with van der Waals surface area (Å²) in [4.78, 5) is 43.3. The average Bonchev–Trinajstić information content (AvgIpc) is 3.13. The molecule has 2 N–H and O–H groups in total. The van der Waals surface area contributed by atoms with E-state index >= 15 is 0 Å². The molecule has 0 aliphatic carbocycles.